The summed E-state index contributed by atoms with van der Waals surface area (Å²) in [6.45, 7) is 10.3. The van der Waals surface area contributed by atoms with Gasteiger partial charge in [-0.15, -0.1) is 0 Å². The molecule has 9 nitrogen and oxygen atoms in total. The molecule has 2 aliphatic rings. The molecule has 0 radical (unpaired) electrons. The van der Waals surface area contributed by atoms with Gasteiger partial charge in [-0.3, -0.25) is 4.90 Å². The molecule has 2 fully saturated rings. The number of hydrogen-bond donors (Lipinski definition) is 2. The predicted octanol–water partition coefficient (Wildman–Crippen LogP) is 3.66. The fraction of sp³-hybridized carbons (Fsp3) is 0.739. The van der Waals surface area contributed by atoms with Gasteiger partial charge in [0, 0.05) is 39.8 Å². The lowest BCUT2D eigenvalue weighted by atomic mass is 9.71. The lowest BCUT2D eigenvalue weighted by Gasteiger charge is -2.42. The number of likely N-dealkylation sites (tertiary alicyclic amines) is 2. The molecule has 2 N–H and O–H groups in total. The summed E-state index contributed by atoms with van der Waals surface area (Å²) in [6.07, 6.45) is -7.66. The van der Waals surface area contributed by atoms with Gasteiger partial charge in [0.1, 0.15) is 11.5 Å². The third-order valence-corrected chi connectivity index (χ3v) is 6.37. The summed E-state index contributed by atoms with van der Waals surface area (Å²) in [5, 5.41) is 14.2. The molecule has 1 aromatic rings. The van der Waals surface area contributed by atoms with Crippen LogP contribution < -0.4 is 0 Å². The number of aliphatic carboxylic acids is 2. The molecule has 2 aliphatic heterocycles. The summed E-state index contributed by atoms with van der Waals surface area (Å²) >= 11 is 0. The standard InChI is InChI=1S/C19H32N2O3.2C2HF3O2/c1-16-4-5-18(24-16)13-20-8-6-19(7-9-20)15-21(10-11-22-2)12-17(19)14-23-3;2*3-2(4,5)1(6)7/h4-5,17H,6-15H2,1-3H3;2*(H,6,7). The van der Waals surface area contributed by atoms with Crippen LogP contribution in [0.1, 0.15) is 24.4 Å². The molecule has 2 saturated heterocycles. The highest BCUT2D eigenvalue weighted by Crippen LogP contribution is 2.45. The van der Waals surface area contributed by atoms with Crippen LogP contribution >= 0.6 is 0 Å². The number of piperidine rings is 1. The maximum absolute atomic E-state index is 10.6. The van der Waals surface area contributed by atoms with Crippen LogP contribution in [0.4, 0.5) is 26.3 Å². The van der Waals surface area contributed by atoms with Crippen LogP contribution in [0.5, 0.6) is 0 Å². The van der Waals surface area contributed by atoms with Crippen molar-refractivity contribution in [3.05, 3.63) is 23.7 Å². The van der Waals surface area contributed by atoms with Gasteiger partial charge in [-0.1, -0.05) is 0 Å². The Morgan fingerprint density at radius 1 is 1.00 bits per heavy atom. The normalized spacial score (nSPS) is 19.9. The molecular weight excluding hydrogens is 530 g/mol. The smallest absolute Gasteiger partial charge is 0.475 e. The van der Waals surface area contributed by atoms with E-state index in [0.29, 0.717) is 11.3 Å². The molecule has 1 aromatic heterocycles. The van der Waals surface area contributed by atoms with E-state index in [4.69, 9.17) is 33.7 Å². The molecule has 0 aromatic carbocycles. The van der Waals surface area contributed by atoms with E-state index in [1.807, 2.05) is 14.0 Å². The summed E-state index contributed by atoms with van der Waals surface area (Å²) in [5.41, 5.74) is 0.416. The highest BCUT2D eigenvalue weighted by atomic mass is 19.4. The molecule has 0 amide bonds. The average molecular weight is 565 g/mol. The molecule has 1 spiro atoms. The van der Waals surface area contributed by atoms with Gasteiger partial charge in [0.2, 0.25) is 0 Å². The lowest BCUT2D eigenvalue weighted by Crippen LogP contribution is -2.45. The summed E-state index contributed by atoms with van der Waals surface area (Å²) in [5.74, 6) is -2.78. The Kier molecular flexibility index (Phi) is 13.0. The van der Waals surface area contributed by atoms with Crippen LogP contribution in [0.15, 0.2) is 16.5 Å². The largest absolute Gasteiger partial charge is 0.490 e. The first-order valence-electron chi connectivity index (χ1n) is 11.6. The van der Waals surface area contributed by atoms with Gasteiger partial charge >= 0.3 is 24.3 Å². The van der Waals surface area contributed by atoms with Crippen molar-refractivity contribution in [1.82, 2.24) is 9.80 Å². The Hall–Kier alpha value is -2.36. The molecule has 220 valence electrons. The third kappa shape index (κ3) is 11.2. The van der Waals surface area contributed by atoms with Crippen molar-refractivity contribution in [3.63, 3.8) is 0 Å². The lowest BCUT2D eigenvalue weighted by molar-refractivity contribution is -0.193. The number of alkyl halides is 6. The molecule has 0 saturated carbocycles. The second-order valence-electron chi connectivity index (χ2n) is 9.14. The molecule has 0 aliphatic carbocycles. The summed E-state index contributed by atoms with van der Waals surface area (Å²) in [4.78, 5) is 22.9. The van der Waals surface area contributed by atoms with Crippen LogP contribution in [0.2, 0.25) is 0 Å². The zero-order chi connectivity index (χ0) is 29.1. The fourth-order valence-electron chi connectivity index (χ4n) is 4.48. The van der Waals surface area contributed by atoms with Crippen molar-refractivity contribution in [3.8, 4) is 0 Å². The monoisotopic (exact) mass is 564 g/mol. The van der Waals surface area contributed by atoms with Crippen molar-refractivity contribution < 1.29 is 60.0 Å². The first-order valence-corrected chi connectivity index (χ1v) is 11.6. The van der Waals surface area contributed by atoms with E-state index in [2.05, 4.69) is 21.9 Å². The second-order valence-corrected chi connectivity index (χ2v) is 9.14. The Labute approximate surface area is 216 Å². The molecule has 3 heterocycles. The number of carboxylic acids is 2. The maximum Gasteiger partial charge on any atom is 0.490 e. The van der Waals surface area contributed by atoms with Crippen molar-refractivity contribution in [1.29, 1.82) is 0 Å². The van der Waals surface area contributed by atoms with E-state index in [1.165, 1.54) is 19.4 Å². The van der Waals surface area contributed by atoms with Crippen LogP contribution in [-0.2, 0) is 25.6 Å². The number of rotatable bonds is 7. The van der Waals surface area contributed by atoms with Crippen molar-refractivity contribution in [2.24, 2.45) is 11.3 Å². The maximum atomic E-state index is 10.6. The second kappa shape index (κ2) is 14.7. The minimum absolute atomic E-state index is 0.416. The summed E-state index contributed by atoms with van der Waals surface area (Å²) in [7, 11) is 3.62. The fourth-order valence-corrected chi connectivity index (χ4v) is 4.48. The van der Waals surface area contributed by atoms with Crippen molar-refractivity contribution in [2.75, 3.05) is 60.2 Å². The molecule has 38 heavy (non-hydrogen) atoms. The number of aryl methyl sites for hydroxylation is 1. The molecule has 1 atom stereocenters. The van der Waals surface area contributed by atoms with E-state index in [0.717, 1.165) is 57.5 Å². The zero-order valence-corrected chi connectivity index (χ0v) is 21.4. The van der Waals surface area contributed by atoms with Gasteiger partial charge in [-0.2, -0.15) is 26.3 Å². The molecule has 3 rings (SSSR count). The van der Waals surface area contributed by atoms with Gasteiger partial charge in [0.15, 0.2) is 0 Å². The number of furan rings is 1. The number of hydrogen-bond acceptors (Lipinski definition) is 7. The van der Waals surface area contributed by atoms with E-state index in [9.17, 15) is 26.3 Å². The number of ether oxygens (including phenoxy) is 2. The summed E-state index contributed by atoms with van der Waals surface area (Å²) in [6, 6.07) is 4.16. The SMILES string of the molecule is COCCN1CC(COC)C2(CCN(Cc3ccc(C)o3)CC2)C1.O=C(O)C(F)(F)F.O=C(O)C(F)(F)F. The zero-order valence-electron chi connectivity index (χ0n) is 21.4. The highest BCUT2D eigenvalue weighted by molar-refractivity contribution is 5.73. The molecule has 1 unspecified atom stereocenters. The first kappa shape index (κ1) is 33.7. The topological polar surface area (TPSA) is 113 Å². The Morgan fingerprint density at radius 3 is 1.92 bits per heavy atom. The molecular formula is C23H34F6N2O7. The van der Waals surface area contributed by atoms with E-state index >= 15 is 0 Å². The van der Waals surface area contributed by atoms with Crippen LogP contribution in [0.3, 0.4) is 0 Å². The predicted molar refractivity (Wildman–Crippen MR) is 121 cm³/mol. The van der Waals surface area contributed by atoms with Gasteiger partial charge < -0.3 is 29.0 Å². The quantitative estimate of drug-likeness (QED) is 0.479. The van der Waals surface area contributed by atoms with Gasteiger partial charge in [-0.05, 0) is 50.4 Å². The van der Waals surface area contributed by atoms with Gasteiger partial charge in [0.05, 0.1) is 19.8 Å². The van der Waals surface area contributed by atoms with Crippen LogP contribution in [-0.4, -0.2) is 104 Å². The van der Waals surface area contributed by atoms with Gasteiger partial charge in [0.25, 0.3) is 0 Å². The number of methoxy groups -OCH3 is 2. The van der Waals surface area contributed by atoms with Gasteiger partial charge in [-0.25, -0.2) is 9.59 Å². The molecule has 15 heteroatoms. The summed E-state index contributed by atoms with van der Waals surface area (Å²) < 4.78 is 80.0. The molecule has 0 bridgehead atoms. The van der Waals surface area contributed by atoms with E-state index < -0.39 is 24.3 Å². The third-order valence-electron chi connectivity index (χ3n) is 6.37. The average Bonchev–Trinajstić information content (AvgIpc) is 3.37. The number of carboxylic acid groups (broad SMARTS) is 2. The van der Waals surface area contributed by atoms with Crippen molar-refractivity contribution >= 4 is 11.9 Å². The Balaban J connectivity index is 0.000000426. The minimum atomic E-state index is -5.08. The Bertz CT molecular complexity index is 843. The number of nitrogens with zero attached hydrogens (tertiary/aromatic N) is 2. The van der Waals surface area contributed by atoms with E-state index in [1.54, 1.807) is 7.11 Å². The Morgan fingerprint density at radius 2 is 1.53 bits per heavy atom. The highest BCUT2D eigenvalue weighted by Gasteiger charge is 2.47. The first-order chi connectivity index (χ1) is 17.5. The number of carbonyl (C=O) groups is 2. The van der Waals surface area contributed by atoms with Crippen molar-refractivity contribution in [2.45, 2.75) is 38.7 Å². The van der Waals surface area contributed by atoms with Crippen LogP contribution in [0, 0.1) is 18.3 Å². The van der Waals surface area contributed by atoms with Crippen LogP contribution in [0.25, 0.3) is 0 Å². The number of halogens is 6. The van der Waals surface area contributed by atoms with E-state index in [-0.39, 0.29) is 0 Å². The minimum Gasteiger partial charge on any atom is -0.475 e.